The van der Waals surface area contributed by atoms with E-state index in [1.54, 1.807) is 6.07 Å². The molecule has 0 spiro atoms. The van der Waals surface area contributed by atoms with Gasteiger partial charge in [-0.25, -0.2) is 8.70 Å². The molecule has 0 bridgehead atoms. The van der Waals surface area contributed by atoms with Crippen LogP contribution in [-0.2, 0) is 10.5 Å². The lowest BCUT2D eigenvalue weighted by Crippen LogP contribution is -2.36. The number of nitrogens with two attached hydrogens (primary N) is 1. The van der Waals surface area contributed by atoms with E-state index in [9.17, 15) is 18.3 Å². The van der Waals surface area contributed by atoms with Gasteiger partial charge in [0.25, 0.3) is 0 Å². The molecule has 1 aliphatic heterocycles. The molecule has 1 aromatic rings. The van der Waals surface area contributed by atoms with Gasteiger partial charge in [-0.2, -0.15) is 0 Å². The van der Waals surface area contributed by atoms with Crippen molar-refractivity contribution in [1.29, 1.82) is 0 Å². The van der Waals surface area contributed by atoms with Crippen molar-refractivity contribution < 1.29 is 18.3 Å². The van der Waals surface area contributed by atoms with Gasteiger partial charge < -0.3 is 5.73 Å². The summed E-state index contributed by atoms with van der Waals surface area (Å²) >= 11 is 0. The predicted molar refractivity (Wildman–Crippen MR) is 73.2 cm³/mol. The van der Waals surface area contributed by atoms with Crippen LogP contribution in [0.4, 0.5) is 10.1 Å². The summed E-state index contributed by atoms with van der Waals surface area (Å²) in [7, 11) is -3.11. The van der Waals surface area contributed by atoms with Crippen molar-refractivity contribution in [2.45, 2.75) is 18.6 Å². The molecule has 7 heteroatoms. The van der Waals surface area contributed by atoms with E-state index >= 15 is 0 Å². The van der Waals surface area contributed by atoms with Crippen LogP contribution >= 0.6 is 10.8 Å². The van der Waals surface area contributed by atoms with Crippen LogP contribution in [0, 0.1) is 5.82 Å². The molecule has 0 saturated carbocycles. The Balaban J connectivity index is 2.12. The number of piperidine rings is 1. The average Bonchev–Trinajstić information content (AvgIpc) is 2.35. The van der Waals surface area contributed by atoms with Crippen LogP contribution in [0.5, 0.6) is 0 Å². The second-order valence-corrected chi connectivity index (χ2v) is 6.63. The molecule has 4 N–H and O–H groups in total. The SMILES string of the molecule is Nc1cccc(CS(O)(O)N2CCC(=O)CC2)c1F. The summed E-state index contributed by atoms with van der Waals surface area (Å²) in [6.45, 7) is 0.593. The monoisotopic (exact) mass is 288 g/mol. The predicted octanol–water partition coefficient (Wildman–Crippen LogP) is 2.24. The number of ketones is 1. The highest BCUT2D eigenvalue weighted by Gasteiger charge is 2.28. The summed E-state index contributed by atoms with van der Waals surface area (Å²) in [4.78, 5) is 11.1. The van der Waals surface area contributed by atoms with E-state index in [4.69, 9.17) is 5.73 Å². The highest BCUT2D eigenvalue weighted by atomic mass is 32.3. The minimum Gasteiger partial charge on any atom is -0.396 e. The van der Waals surface area contributed by atoms with Crippen molar-refractivity contribution in [3.8, 4) is 0 Å². The lowest BCUT2D eigenvalue weighted by Gasteiger charge is -2.44. The van der Waals surface area contributed by atoms with E-state index in [2.05, 4.69) is 0 Å². The summed E-state index contributed by atoms with van der Waals surface area (Å²) in [5, 5.41) is 0. The van der Waals surface area contributed by atoms with Crippen molar-refractivity contribution in [1.82, 2.24) is 4.31 Å². The van der Waals surface area contributed by atoms with Gasteiger partial charge >= 0.3 is 0 Å². The van der Waals surface area contributed by atoms with Crippen molar-refractivity contribution in [3.05, 3.63) is 29.6 Å². The van der Waals surface area contributed by atoms with Gasteiger partial charge in [-0.3, -0.25) is 13.9 Å². The molecule has 1 heterocycles. The first-order valence-electron chi connectivity index (χ1n) is 5.96. The Morgan fingerprint density at radius 2 is 1.95 bits per heavy atom. The average molecular weight is 288 g/mol. The molecule has 1 saturated heterocycles. The largest absolute Gasteiger partial charge is 0.396 e. The van der Waals surface area contributed by atoms with E-state index in [1.165, 1.54) is 16.4 Å². The zero-order chi connectivity index (χ0) is 14.0. The molecule has 19 heavy (non-hydrogen) atoms. The first-order chi connectivity index (χ1) is 8.90. The number of nitrogen functional groups attached to an aromatic ring is 1. The quantitative estimate of drug-likeness (QED) is 0.743. The molecule has 1 aliphatic rings. The first-order valence-corrected chi connectivity index (χ1v) is 7.63. The van der Waals surface area contributed by atoms with E-state index in [0.717, 1.165) is 0 Å². The van der Waals surface area contributed by atoms with Gasteiger partial charge in [0.1, 0.15) is 5.78 Å². The molecule has 0 unspecified atom stereocenters. The standard InChI is InChI=1S/C12H17FN2O3S/c13-12-9(2-1-3-11(12)14)8-19(17,18)15-6-4-10(16)5-7-15/h1-3,17-18H,4-8,14H2. The summed E-state index contributed by atoms with van der Waals surface area (Å²) in [5.74, 6) is -0.713. The number of benzene rings is 1. The molecule has 2 rings (SSSR count). The summed E-state index contributed by atoms with van der Waals surface area (Å²) in [6, 6.07) is 4.47. The van der Waals surface area contributed by atoms with Crippen molar-refractivity contribution >= 4 is 22.2 Å². The highest BCUT2D eigenvalue weighted by molar-refractivity contribution is 8.21. The Morgan fingerprint density at radius 1 is 1.32 bits per heavy atom. The summed E-state index contributed by atoms with van der Waals surface area (Å²) < 4.78 is 35.5. The van der Waals surface area contributed by atoms with Gasteiger partial charge in [-0.1, -0.05) is 12.1 Å². The second kappa shape index (κ2) is 5.46. The maximum Gasteiger partial charge on any atom is 0.150 e. The number of carbonyl (C=O) groups is 1. The maximum atomic E-state index is 13.8. The highest BCUT2D eigenvalue weighted by Crippen LogP contribution is 2.48. The Hall–Kier alpha value is -1.15. The van der Waals surface area contributed by atoms with E-state index < -0.39 is 16.6 Å². The third-order valence-corrected chi connectivity index (χ3v) is 5.04. The van der Waals surface area contributed by atoms with Crippen LogP contribution < -0.4 is 5.73 Å². The van der Waals surface area contributed by atoms with Gasteiger partial charge in [-0.05, 0) is 6.07 Å². The molecule has 0 atom stereocenters. The Morgan fingerprint density at radius 3 is 2.58 bits per heavy atom. The number of hydrogen-bond acceptors (Lipinski definition) is 5. The normalized spacial score (nSPS) is 18.6. The fourth-order valence-corrected chi connectivity index (χ4v) is 3.63. The summed E-state index contributed by atoms with van der Waals surface area (Å²) in [5.41, 5.74) is 5.61. The van der Waals surface area contributed by atoms with Gasteiger partial charge in [0.05, 0.1) is 11.4 Å². The van der Waals surface area contributed by atoms with Crippen molar-refractivity contribution in [2.75, 3.05) is 18.8 Å². The number of carbonyl (C=O) groups excluding carboxylic acids is 1. The minimum atomic E-state index is -3.11. The smallest absolute Gasteiger partial charge is 0.150 e. The number of hydrogen-bond donors (Lipinski definition) is 3. The molecule has 106 valence electrons. The molecule has 0 aromatic heterocycles. The van der Waals surface area contributed by atoms with E-state index in [-0.39, 0.29) is 22.8 Å². The number of nitrogens with zero attached hydrogens (tertiary/aromatic N) is 1. The molecule has 1 fully saturated rings. The van der Waals surface area contributed by atoms with Crippen LogP contribution in [0.3, 0.4) is 0 Å². The zero-order valence-corrected chi connectivity index (χ0v) is 11.2. The lowest BCUT2D eigenvalue weighted by molar-refractivity contribution is -0.120. The molecule has 1 aromatic carbocycles. The third-order valence-electron chi connectivity index (χ3n) is 3.15. The Bertz CT molecular complexity index is 486. The number of Topliss-reactive ketones (excluding diaryl/α,β-unsaturated/α-hetero) is 1. The molecular formula is C12H17FN2O3S. The van der Waals surface area contributed by atoms with Crippen LogP contribution in [0.15, 0.2) is 18.2 Å². The van der Waals surface area contributed by atoms with Gasteiger partial charge in [0, 0.05) is 31.5 Å². The van der Waals surface area contributed by atoms with E-state index in [1.807, 2.05) is 0 Å². The molecule has 0 aliphatic carbocycles. The topological polar surface area (TPSA) is 86.8 Å². The summed E-state index contributed by atoms with van der Waals surface area (Å²) in [6.07, 6.45) is 0.602. The zero-order valence-electron chi connectivity index (χ0n) is 10.4. The van der Waals surface area contributed by atoms with Crippen LogP contribution in [0.2, 0.25) is 0 Å². The molecule has 0 radical (unpaired) electrons. The van der Waals surface area contributed by atoms with Gasteiger partial charge in [0.2, 0.25) is 0 Å². The van der Waals surface area contributed by atoms with Crippen molar-refractivity contribution in [2.24, 2.45) is 0 Å². The minimum absolute atomic E-state index is 0.0125. The van der Waals surface area contributed by atoms with Crippen LogP contribution in [0.25, 0.3) is 0 Å². The first kappa shape index (κ1) is 14.3. The third kappa shape index (κ3) is 3.24. The van der Waals surface area contributed by atoms with Gasteiger partial charge in [0.15, 0.2) is 5.82 Å². The van der Waals surface area contributed by atoms with Crippen LogP contribution in [-0.4, -0.2) is 32.3 Å². The van der Waals surface area contributed by atoms with E-state index in [0.29, 0.717) is 25.9 Å². The second-order valence-electron chi connectivity index (χ2n) is 4.56. The number of rotatable bonds is 3. The molecule has 0 amide bonds. The number of halogens is 1. The lowest BCUT2D eigenvalue weighted by atomic mass is 10.1. The van der Waals surface area contributed by atoms with Gasteiger partial charge in [-0.15, -0.1) is 10.8 Å². The van der Waals surface area contributed by atoms with Crippen molar-refractivity contribution in [3.63, 3.8) is 0 Å². The fourth-order valence-electron chi connectivity index (χ4n) is 2.04. The molecule has 5 nitrogen and oxygen atoms in total. The van der Waals surface area contributed by atoms with Crippen LogP contribution in [0.1, 0.15) is 18.4 Å². The molecular weight excluding hydrogens is 271 g/mol. The Kier molecular flexibility index (Phi) is 4.10. The fraction of sp³-hybridized carbons (Fsp3) is 0.417. The Labute approximate surface area is 112 Å². The number of anilines is 1. The maximum absolute atomic E-state index is 13.8.